The Hall–Kier alpha value is -5.83. The van der Waals surface area contributed by atoms with Gasteiger partial charge in [-0.05, 0) is 125 Å². The molecule has 0 saturated heterocycles. The molecule has 5 aromatic carbocycles. The first-order valence-corrected chi connectivity index (χ1v) is 20.2. The van der Waals surface area contributed by atoms with E-state index in [1.165, 1.54) is 18.2 Å². The highest BCUT2D eigenvalue weighted by atomic mass is 35.5. The third-order valence-corrected chi connectivity index (χ3v) is 11.1. The molecule has 0 aliphatic heterocycles. The fourth-order valence-electron chi connectivity index (χ4n) is 8.05. The maximum Gasteiger partial charge on any atom is 0.163 e. The van der Waals surface area contributed by atoms with Crippen molar-refractivity contribution < 1.29 is 27.8 Å². The molecule has 8 rings (SSSR count). The number of H-pyrrole nitrogens is 2. The number of carbonyl (C=O) groups excluding carboxylic acids is 2. The Labute approximate surface area is 340 Å². The minimum absolute atomic E-state index is 0.0176. The van der Waals surface area contributed by atoms with Gasteiger partial charge >= 0.3 is 0 Å². The van der Waals surface area contributed by atoms with Gasteiger partial charge in [-0.15, -0.1) is 0 Å². The monoisotopic (exact) mass is 796 g/mol. The predicted molar refractivity (Wildman–Crippen MR) is 228 cm³/mol. The Bertz CT molecular complexity index is 2660. The topological polar surface area (TPSA) is 84.2 Å². The highest BCUT2D eigenvalue weighted by molar-refractivity contribution is 6.30. The minimum Gasteiger partial charge on any atom is -0.494 e. The Morgan fingerprint density at radius 3 is 2.45 bits per heavy atom. The molecule has 0 amide bonds. The fraction of sp³-hybridized carbons (Fsp3) is 0.224. The van der Waals surface area contributed by atoms with Crippen LogP contribution in [0.25, 0.3) is 44.2 Å². The lowest BCUT2D eigenvalue weighted by Crippen LogP contribution is -2.12. The molecule has 2 N–H and O–H groups in total. The Kier molecular flexibility index (Phi) is 11.7. The maximum absolute atomic E-state index is 15.3. The zero-order valence-corrected chi connectivity index (χ0v) is 33.0. The number of aromatic nitrogens is 2. The fourth-order valence-corrected chi connectivity index (χ4v) is 8.21. The second-order valence-corrected chi connectivity index (χ2v) is 15.2. The van der Waals surface area contributed by atoms with Gasteiger partial charge < -0.3 is 19.4 Å². The minimum atomic E-state index is -0.417. The maximum atomic E-state index is 15.3. The van der Waals surface area contributed by atoms with Gasteiger partial charge in [0.15, 0.2) is 11.6 Å². The lowest BCUT2D eigenvalue weighted by atomic mass is 9.87. The van der Waals surface area contributed by atoms with Crippen LogP contribution < -0.4 is 4.74 Å². The summed E-state index contributed by atoms with van der Waals surface area (Å²) in [5.74, 6) is -0.0627. The number of carbonyl (C=O) groups is 2. The number of hydrogen-bond acceptors (Lipinski definition) is 4. The van der Waals surface area contributed by atoms with Crippen LogP contribution in [0.5, 0.6) is 5.75 Å². The number of ketones is 2. The van der Waals surface area contributed by atoms with Gasteiger partial charge in [-0.1, -0.05) is 67.1 Å². The molecule has 0 atom stereocenters. The number of Topliss-reactive ketones (excluding diaryl/α,β-unsaturated/α-hetero) is 2. The van der Waals surface area contributed by atoms with E-state index < -0.39 is 5.82 Å². The number of benzene rings is 5. The van der Waals surface area contributed by atoms with Crippen molar-refractivity contribution in [1.29, 1.82) is 0 Å². The lowest BCUT2D eigenvalue weighted by molar-refractivity contribution is -0.123. The Balaban J connectivity index is 0.828. The second-order valence-electron chi connectivity index (χ2n) is 14.8. The molecule has 1 aliphatic rings. The summed E-state index contributed by atoms with van der Waals surface area (Å²) in [4.78, 5) is 31.9. The number of halogens is 3. The zero-order chi connectivity index (χ0) is 40.2. The predicted octanol–water partition coefficient (Wildman–Crippen LogP) is 12.1. The summed E-state index contributed by atoms with van der Waals surface area (Å²) in [7, 11) is 0. The quantitative estimate of drug-likeness (QED) is 0.0799. The zero-order valence-electron chi connectivity index (χ0n) is 32.2. The van der Waals surface area contributed by atoms with Gasteiger partial charge in [-0.25, -0.2) is 8.78 Å². The molecule has 1 aliphatic carbocycles. The number of fused-ring (bicyclic) bond motifs is 1. The highest BCUT2D eigenvalue weighted by Crippen LogP contribution is 2.39. The van der Waals surface area contributed by atoms with Gasteiger partial charge in [0.05, 0.1) is 13.2 Å². The highest BCUT2D eigenvalue weighted by Gasteiger charge is 2.24. The van der Waals surface area contributed by atoms with E-state index in [1.54, 1.807) is 12.1 Å². The van der Waals surface area contributed by atoms with Gasteiger partial charge in [0, 0.05) is 63.7 Å². The summed E-state index contributed by atoms with van der Waals surface area (Å²) in [6.45, 7) is 2.89. The van der Waals surface area contributed by atoms with Crippen LogP contribution in [-0.4, -0.2) is 41.4 Å². The van der Waals surface area contributed by atoms with E-state index in [0.717, 1.165) is 73.8 Å². The Morgan fingerprint density at radius 1 is 0.845 bits per heavy atom. The van der Waals surface area contributed by atoms with Crippen molar-refractivity contribution >= 4 is 56.1 Å². The molecular formula is C49H43ClF2N2O4. The smallest absolute Gasteiger partial charge is 0.163 e. The average Bonchev–Trinajstić information content (AvgIpc) is 3.81. The second kappa shape index (κ2) is 17.3. The lowest BCUT2D eigenvalue weighted by Gasteiger charge is -2.18. The summed E-state index contributed by atoms with van der Waals surface area (Å²) >= 11 is 6.10. The van der Waals surface area contributed by atoms with Crippen molar-refractivity contribution in [3.05, 3.63) is 159 Å². The van der Waals surface area contributed by atoms with Gasteiger partial charge in [-0.3, -0.25) is 9.59 Å². The van der Waals surface area contributed by atoms with Crippen LogP contribution in [0.2, 0.25) is 5.02 Å². The van der Waals surface area contributed by atoms with Crippen LogP contribution in [0.1, 0.15) is 77.2 Å². The standard InChI is InChI=1S/C49H43ClF2N2O4/c1-2-39(40-19-15-35(50)26-43(40)52)47(34-14-20-44-33(25-34)21-22-53-44)31-12-17-38(18-13-31)58-24-4-23-57-29-37(55)16-9-30-7-10-32(11-8-30)49-41-5-3-6-46(56)42-27-36(51)28-45(54-49)48(41)42/h7-8,10-15,17-22,25-28,53-54H,2-6,9,16,23-24,29H2,1H3/b47-39+. The Morgan fingerprint density at radius 2 is 1.66 bits per heavy atom. The SMILES string of the molecule is CC/C(=C(/c1ccc(OCCCOCC(=O)CCc2ccc(-c3[nH]c4cc(F)cc5c4c3CCCC5=O)cc2)cc1)c1ccc2[nH]ccc2c1)c1ccc(Cl)cc1F. The molecule has 294 valence electrons. The van der Waals surface area contributed by atoms with Gasteiger partial charge in [0.2, 0.25) is 0 Å². The molecule has 0 bridgehead atoms. The number of hydrogen-bond donors (Lipinski definition) is 2. The van der Waals surface area contributed by atoms with Crippen LogP contribution in [0.15, 0.2) is 109 Å². The number of aromatic amines is 2. The van der Waals surface area contributed by atoms with Crippen LogP contribution in [0, 0.1) is 11.6 Å². The van der Waals surface area contributed by atoms with Gasteiger partial charge in [-0.2, -0.15) is 0 Å². The summed E-state index contributed by atoms with van der Waals surface area (Å²) in [5, 5.41) is 2.25. The summed E-state index contributed by atoms with van der Waals surface area (Å²) in [6.07, 6.45) is 5.98. The van der Waals surface area contributed by atoms with Crippen LogP contribution >= 0.6 is 11.6 Å². The summed E-state index contributed by atoms with van der Waals surface area (Å²) in [6, 6.07) is 31.7. The van der Waals surface area contributed by atoms with Crippen molar-refractivity contribution in [2.45, 2.75) is 51.9 Å². The van der Waals surface area contributed by atoms with Crippen LogP contribution in [0.3, 0.4) is 0 Å². The summed E-state index contributed by atoms with van der Waals surface area (Å²) < 4.78 is 41.3. The number of aryl methyl sites for hydroxylation is 2. The number of ether oxygens (including phenoxy) is 2. The number of nitrogens with one attached hydrogen (secondary N) is 2. The van der Waals surface area contributed by atoms with E-state index in [-0.39, 0.29) is 24.0 Å². The third-order valence-electron chi connectivity index (χ3n) is 10.9. The molecule has 0 fully saturated rings. The van der Waals surface area contributed by atoms with Crippen molar-refractivity contribution in [2.75, 3.05) is 19.8 Å². The van der Waals surface area contributed by atoms with Crippen molar-refractivity contribution in [1.82, 2.24) is 9.97 Å². The first kappa shape index (κ1) is 39.0. The summed E-state index contributed by atoms with van der Waals surface area (Å²) in [5.41, 5.74) is 10.4. The molecule has 7 aromatic rings. The van der Waals surface area contributed by atoms with Gasteiger partial charge in [0.25, 0.3) is 0 Å². The number of rotatable bonds is 15. The van der Waals surface area contributed by atoms with E-state index in [9.17, 15) is 14.0 Å². The first-order chi connectivity index (χ1) is 28.2. The van der Waals surface area contributed by atoms with E-state index in [1.807, 2.05) is 73.8 Å². The van der Waals surface area contributed by atoms with E-state index in [2.05, 4.69) is 22.1 Å². The van der Waals surface area contributed by atoms with Crippen molar-refractivity contribution in [3.8, 4) is 17.0 Å². The molecule has 2 heterocycles. The largest absolute Gasteiger partial charge is 0.494 e. The van der Waals surface area contributed by atoms with Gasteiger partial charge in [0.1, 0.15) is 24.0 Å². The van der Waals surface area contributed by atoms with E-state index >= 15 is 4.39 Å². The molecule has 0 saturated carbocycles. The van der Waals surface area contributed by atoms with E-state index in [0.29, 0.717) is 72.7 Å². The molecular weight excluding hydrogens is 754 g/mol. The molecule has 0 radical (unpaired) electrons. The number of allylic oxidation sites excluding steroid dienone is 1. The van der Waals surface area contributed by atoms with Crippen molar-refractivity contribution in [3.63, 3.8) is 0 Å². The molecule has 9 heteroatoms. The third kappa shape index (κ3) is 8.40. The van der Waals surface area contributed by atoms with Crippen LogP contribution in [0.4, 0.5) is 8.78 Å². The molecule has 6 nitrogen and oxygen atoms in total. The van der Waals surface area contributed by atoms with E-state index in [4.69, 9.17) is 21.1 Å². The normalized spacial score (nSPS) is 13.2. The molecule has 0 spiro atoms. The first-order valence-electron chi connectivity index (χ1n) is 19.8. The average molecular weight is 797 g/mol. The molecule has 58 heavy (non-hydrogen) atoms. The van der Waals surface area contributed by atoms with Crippen molar-refractivity contribution in [2.24, 2.45) is 0 Å². The molecule has 0 unspecified atom stereocenters. The molecule has 2 aromatic heterocycles. The van der Waals surface area contributed by atoms with Crippen LogP contribution in [-0.2, 0) is 22.4 Å².